The van der Waals surface area contributed by atoms with Gasteiger partial charge in [0.05, 0.1) is 11.9 Å². The summed E-state index contributed by atoms with van der Waals surface area (Å²) in [6.45, 7) is 0.0982. The first kappa shape index (κ1) is 20.4. The summed E-state index contributed by atoms with van der Waals surface area (Å²) in [6.07, 6.45) is 2.97. The molecule has 0 aromatic carbocycles. The number of halogens is 3. The zero-order valence-corrected chi connectivity index (χ0v) is 17.1. The summed E-state index contributed by atoms with van der Waals surface area (Å²) >= 11 is 0. The van der Waals surface area contributed by atoms with Crippen LogP contribution >= 0.6 is 0 Å². The quantitative estimate of drug-likeness (QED) is 0.671. The van der Waals surface area contributed by atoms with Crippen LogP contribution in [0.25, 0.3) is 22.0 Å². The summed E-state index contributed by atoms with van der Waals surface area (Å²) in [7, 11) is 1.82. The van der Waals surface area contributed by atoms with Crippen LogP contribution in [0.1, 0.15) is 12.8 Å². The first-order valence-corrected chi connectivity index (χ1v) is 10.0. The van der Waals surface area contributed by atoms with Crippen LogP contribution in [-0.4, -0.2) is 55.7 Å². The summed E-state index contributed by atoms with van der Waals surface area (Å²) < 4.78 is 39.2. The molecule has 4 heterocycles. The van der Waals surface area contributed by atoms with Gasteiger partial charge in [-0.15, -0.1) is 0 Å². The molecule has 2 fully saturated rings. The largest absolute Gasteiger partial charge is 0.471 e. The molecule has 166 valence electrons. The fraction of sp³-hybridized carbons (Fsp3) is 0.381. The molecule has 1 N–H and O–H groups in total. The first-order chi connectivity index (χ1) is 15.1. The molecule has 1 saturated carbocycles. The SMILES string of the molecule is Cn1cc(-c2cc3cc(NC(=O)C4CC5(C4)CN(C(=O)C(F)(F)F)C5)ncc3cn2)cn1. The fourth-order valence-corrected chi connectivity index (χ4v) is 4.56. The number of hydrogen-bond acceptors (Lipinski definition) is 5. The number of nitrogens with one attached hydrogen (secondary N) is 1. The lowest BCUT2D eigenvalue weighted by atomic mass is 9.57. The maximum Gasteiger partial charge on any atom is 0.471 e. The van der Waals surface area contributed by atoms with Gasteiger partial charge < -0.3 is 10.2 Å². The minimum atomic E-state index is -4.85. The normalized spacial score (nSPS) is 17.8. The number of anilines is 1. The van der Waals surface area contributed by atoms with E-state index in [4.69, 9.17) is 0 Å². The molecule has 1 saturated heterocycles. The number of fused-ring (bicyclic) bond motifs is 1. The van der Waals surface area contributed by atoms with E-state index in [0.29, 0.717) is 18.7 Å². The number of nitrogens with zero attached hydrogens (tertiary/aromatic N) is 5. The highest BCUT2D eigenvalue weighted by Gasteiger charge is 2.58. The average Bonchev–Trinajstić information content (AvgIpc) is 3.10. The van der Waals surface area contributed by atoms with E-state index in [1.165, 1.54) is 0 Å². The fourth-order valence-electron chi connectivity index (χ4n) is 4.56. The van der Waals surface area contributed by atoms with Gasteiger partial charge in [0.15, 0.2) is 0 Å². The second-order valence-electron chi connectivity index (χ2n) is 8.64. The zero-order valence-electron chi connectivity index (χ0n) is 17.1. The maximum atomic E-state index is 12.6. The molecular formula is C21H19F3N6O2. The van der Waals surface area contributed by atoms with Gasteiger partial charge in [-0.05, 0) is 30.4 Å². The summed E-state index contributed by atoms with van der Waals surface area (Å²) in [5.74, 6) is -1.94. The van der Waals surface area contributed by atoms with Gasteiger partial charge in [0.2, 0.25) is 5.91 Å². The maximum absolute atomic E-state index is 12.6. The van der Waals surface area contributed by atoms with Gasteiger partial charge in [-0.2, -0.15) is 18.3 Å². The van der Waals surface area contributed by atoms with Crippen LogP contribution in [-0.2, 0) is 16.6 Å². The van der Waals surface area contributed by atoms with Crippen LogP contribution in [0.3, 0.4) is 0 Å². The van der Waals surface area contributed by atoms with E-state index in [1.54, 1.807) is 29.3 Å². The topological polar surface area (TPSA) is 93.0 Å². The van der Waals surface area contributed by atoms with Gasteiger partial charge in [-0.1, -0.05) is 0 Å². The van der Waals surface area contributed by atoms with Crippen LogP contribution in [0.15, 0.2) is 36.9 Å². The molecule has 8 nitrogen and oxygen atoms in total. The summed E-state index contributed by atoms with van der Waals surface area (Å²) in [4.78, 5) is 33.3. The molecule has 0 bridgehead atoms. The Morgan fingerprint density at radius 2 is 1.81 bits per heavy atom. The Balaban J connectivity index is 1.22. The molecule has 11 heteroatoms. The van der Waals surface area contributed by atoms with Crippen LogP contribution in [0.4, 0.5) is 19.0 Å². The Morgan fingerprint density at radius 3 is 2.47 bits per heavy atom. The van der Waals surface area contributed by atoms with Gasteiger partial charge in [-0.3, -0.25) is 19.3 Å². The Bertz CT molecular complexity index is 1220. The van der Waals surface area contributed by atoms with Crippen molar-refractivity contribution in [1.29, 1.82) is 0 Å². The van der Waals surface area contributed by atoms with E-state index in [1.807, 2.05) is 19.3 Å². The van der Waals surface area contributed by atoms with Gasteiger partial charge in [0.25, 0.3) is 0 Å². The predicted octanol–water partition coefficient (Wildman–Crippen LogP) is 2.77. The van der Waals surface area contributed by atoms with E-state index in [-0.39, 0.29) is 30.3 Å². The van der Waals surface area contributed by atoms with E-state index in [2.05, 4.69) is 20.4 Å². The van der Waals surface area contributed by atoms with Crippen molar-refractivity contribution < 1.29 is 22.8 Å². The molecule has 3 aromatic rings. The molecule has 3 aromatic heterocycles. The number of amides is 2. The molecule has 2 amide bonds. The third-order valence-corrected chi connectivity index (χ3v) is 6.17. The van der Waals surface area contributed by atoms with Crippen molar-refractivity contribution in [2.75, 3.05) is 18.4 Å². The highest BCUT2D eigenvalue weighted by molar-refractivity contribution is 5.95. The second kappa shape index (κ2) is 7.01. The standard InChI is InChI=1S/C21H19F3N6O2/c1-29-9-15(8-27-29)16-2-12-3-17(26-7-14(12)6-25-16)28-18(31)13-4-20(5-13)10-30(11-20)19(32)21(22,23)24/h2-3,6-9,13H,4-5,10-11H2,1H3,(H,26,28,31). The van der Waals surface area contributed by atoms with Crippen LogP contribution in [0.2, 0.25) is 0 Å². The second-order valence-corrected chi connectivity index (χ2v) is 8.64. The van der Waals surface area contributed by atoms with E-state index in [0.717, 1.165) is 26.9 Å². The lowest BCUT2D eigenvalue weighted by Crippen LogP contribution is -2.66. The van der Waals surface area contributed by atoms with Crippen LogP contribution in [0, 0.1) is 11.3 Å². The van der Waals surface area contributed by atoms with E-state index >= 15 is 0 Å². The molecule has 5 rings (SSSR count). The molecule has 0 radical (unpaired) electrons. The third kappa shape index (κ3) is 3.57. The highest BCUT2D eigenvalue weighted by atomic mass is 19.4. The Labute approximate surface area is 180 Å². The molecule has 1 aliphatic carbocycles. The van der Waals surface area contributed by atoms with Crippen molar-refractivity contribution in [2.45, 2.75) is 19.0 Å². The zero-order chi connectivity index (χ0) is 22.7. The Hall–Kier alpha value is -3.50. The van der Waals surface area contributed by atoms with Gasteiger partial charge in [0, 0.05) is 61.0 Å². The van der Waals surface area contributed by atoms with Crippen molar-refractivity contribution in [1.82, 2.24) is 24.6 Å². The molecule has 32 heavy (non-hydrogen) atoms. The minimum absolute atomic E-state index is 0.0491. The third-order valence-electron chi connectivity index (χ3n) is 6.17. The summed E-state index contributed by atoms with van der Waals surface area (Å²) in [5, 5.41) is 8.62. The lowest BCUT2D eigenvalue weighted by Gasteiger charge is -2.58. The van der Waals surface area contributed by atoms with Crippen molar-refractivity contribution in [3.8, 4) is 11.3 Å². The van der Waals surface area contributed by atoms with Crippen molar-refractivity contribution in [2.24, 2.45) is 18.4 Å². The monoisotopic (exact) mass is 444 g/mol. The number of rotatable bonds is 3. The number of aryl methyl sites for hydroxylation is 1. The molecule has 1 spiro atoms. The number of likely N-dealkylation sites (tertiary alicyclic amines) is 1. The molecule has 0 atom stereocenters. The first-order valence-electron chi connectivity index (χ1n) is 10.0. The highest BCUT2D eigenvalue weighted by Crippen LogP contribution is 2.52. The number of pyridine rings is 2. The van der Waals surface area contributed by atoms with E-state index in [9.17, 15) is 22.8 Å². The number of carbonyl (C=O) groups is 2. The number of hydrogen-bond donors (Lipinski definition) is 1. The summed E-state index contributed by atoms with van der Waals surface area (Å²) in [5.41, 5.74) is 1.25. The number of aromatic nitrogens is 4. The lowest BCUT2D eigenvalue weighted by molar-refractivity contribution is -0.203. The molecule has 1 aliphatic heterocycles. The average molecular weight is 444 g/mol. The van der Waals surface area contributed by atoms with Crippen LogP contribution in [0.5, 0.6) is 0 Å². The van der Waals surface area contributed by atoms with Gasteiger partial charge in [0.1, 0.15) is 5.82 Å². The number of alkyl halides is 3. The smallest absolute Gasteiger partial charge is 0.334 e. The van der Waals surface area contributed by atoms with Crippen molar-refractivity contribution in [3.63, 3.8) is 0 Å². The molecular weight excluding hydrogens is 425 g/mol. The number of carbonyl (C=O) groups excluding carboxylic acids is 2. The molecule has 2 aliphatic rings. The van der Waals surface area contributed by atoms with Gasteiger partial charge in [-0.25, -0.2) is 4.98 Å². The van der Waals surface area contributed by atoms with E-state index < -0.39 is 12.1 Å². The predicted molar refractivity (Wildman–Crippen MR) is 108 cm³/mol. The Kier molecular flexibility index (Phi) is 4.47. The van der Waals surface area contributed by atoms with Gasteiger partial charge >= 0.3 is 12.1 Å². The summed E-state index contributed by atoms with van der Waals surface area (Å²) in [6, 6.07) is 3.65. The molecule has 0 unspecified atom stereocenters. The minimum Gasteiger partial charge on any atom is -0.334 e. The van der Waals surface area contributed by atoms with Crippen molar-refractivity contribution >= 4 is 28.4 Å². The van der Waals surface area contributed by atoms with Crippen molar-refractivity contribution in [3.05, 3.63) is 36.9 Å². The Morgan fingerprint density at radius 1 is 1.09 bits per heavy atom. The van der Waals surface area contributed by atoms with Crippen LogP contribution < -0.4 is 5.32 Å².